The van der Waals surface area contributed by atoms with Gasteiger partial charge < -0.3 is 15.5 Å². The number of aryl methyl sites for hydroxylation is 1. The van der Waals surface area contributed by atoms with Crippen LogP contribution >= 0.6 is 0 Å². The lowest BCUT2D eigenvalue weighted by Crippen LogP contribution is -2.47. The number of carbonyl (C=O) groups is 1. The highest BCUT2D eigenvalue weighted by molar-refractivity contribution is 5.96. The molecule has 0 saturated carbocycles. The molecule has 0 unspecified atom stereocenters. The van der Waals surface area contributed by atoms with Crippen LogP contribution < -0.4 is 5.73 Å². The highest BCUT2D eigenvalue weighted by Gasteiger charge is 2.27. The maximum Gasteiger partial charge on any atom is 0.254 e. The second-order valence-corrected chi connectivity index (χ2v) is 6.35. The topological polar surface area (TPSA) is 49.6 Å². The largest absolute Gasteiger partial charge is 0.399 e. The third-order valence-electron chi connectivity index (χ3n) is 4.58. The summed E-state index contributed by atoms with van der Waals surface area (Å²) in [6.45, 7) is 8.54. The van der Waals surface area contributed by atoms with Crippen molar-refractivity contribution in [3.8, 4) is 0 Å². The summed E-state index contributed by atoms with van der Waals surface area (Å²) < 4.78 is 0. The molecule has 1 heterocycles. The fourth-order valence-corrected chi connectivity index (χ4v) is 3.07. The van der Waals surface area contributed by atoms with E-state index in [0.29, 0.717) is 17.8 Å². The van der Waals surface area contributed by atoms with Gasteiger partial charge in [-0.3, -0.25) is 4.79 Å². The second kappa shape index (κ2) is 6.48. The molecule has 1 saturated heterocycles. The maximum absolute atomic E-state index is 12.7. The molecule has 116 valence electrons. The minimum Gasteiger partial charge on any atom is -0.399 e. The zero-order chi connectivity index (χ0) is 15.6. The number of piperidine rings is 1. The van der Waals surface area contributed by atoms with Crippen LogP contribution in [0.15, 0.2) is 18.2 Å². The Morgan fingerprint density at radius 2 is 1.95 bits per heavy atom. The Kier molecular flexibility index (Phi) is 4.88. The van der Waals surface area contributed by atoms with Crippen LogP contribution in [0.25, 0.3) is 0 Å². The summed E-state index contributed by atoms with van der Waals surface area (Å²) >= 11 is 0. The highest BCUT2D eigenvalue weighted by Crippen LogP contribution is 2.21. The van der Waals surface area contributed by atoms with Crippen LogP contribution in [0.1, 0.15) is 42.6 Å². The molecule has 0 aromatic heterocycles. The lowest BCUT2D eigenvalue weighted by Gasteiger charge is -2.38. The number of carbonyl (C=O) groups excluding carboxylic acids is 1. The van der Waals surface area contributed by atoms with Gasteiger partial charge in [-0.1, -0.05) is 0 Å². The Balaban J connectivity index is 2.03. The molecule has 1 fully saturated rings. The van der Waals surface area contributed by atoms with Crippen LogP contribution in [0.5, 0.6) is 0 Å². The van der Waals surface area contributed by atoms with E-state index < -0.39 is 0 Å². The molecule has 0 bridgehead atoms. The van der Waals surface area contributed by atoms with Gasteiger partial charge in [-0.25, -0.2) is 0 Å². The van der Waals surface area contributed by atoms with Crippen LogP contribution in [0, 0.1) is 6.92 Å². The Morgan fingerprint density at radius 1 is 1.33 bits per heavy atom. The molecular weight excluding hydrogens is 262 g/mol. The van der Waals surface area contributed by atoms with E-state index in [2.05, 4.69) is 18.7 Å². The van der Waals surface area contributed by atoms with Crippen molar-refractivity contribution in [1.82, 2.24) is 9.80 Å². The molecule has 1 amide bonds. The lowest BCUT2D eigenvalue weighted by molar-refractivity contribution is 0.0614. The summed E-state index contributed by atoms with van der Waals surface area (Å²) in [5.74, 6) is 0.107. The molecule has 1 aromatic carbocycles. The standard InChI is InChI=1S/C17H27N3O/c1-12(2)20-9-7-15(8-10-20)19(4)17(21)16-6-5-14(18)11-13(16)3/h5-6,11-12,15H,7-10,18H2,1-4H3. The highest BCUT2D eigenvalue weighted by atomic mass is 16.2. The molecular formula is C17H27N3O. The number of amides is 1. The number of benzene rings is 1. The van der Waals surface area contributed by atoms with Crippen molar-refractivity contribution in [2.24, 2.45) is 0 Å². The normalized spacial score (nSPS) is 17.2. The van der Waals surface area contributed by atoms with E-state index in [1.165, 1.54) is 0 Å². The zero-order valence-corrected chi connectivity index (χ0v) is 13.6. The number of likely N-dealkylation sites (tertiary alicyclic amines) is 1. The molecule has 4 nitrogen and oxygen atoms in total. The van der Waals surface area contributed by atoms with Crippen molar-refractivity contribution in [2.75, 3.05) is 25.9 Å². The van der Waals surface area contributed by atoms with Crippen molar-refractivity contribution in [3.63, 3.8) is 0 Å². The van der Waals surface area contributed by atoms with Gasteiger partial charge in [-0.15, -0.1) is 0 Å². The molecule has 1 aliphatic heterocycles. The molecule has 0 radical (unpaired) electrons. The van der Waals surface area contributed by atoms with Gasteiger partial charge in [0.2, 0.25) is 0 Å². The van der Waals surface area contributed by atoms with E-state index in [1.54, 1.807) is 6.07 Å². The van der Waals surface area contributed by atoms with Gasteiger partial charge in [0.25, 0.3) is 5.91 Å². The molecule has 4 heteroatoms. The summed E-state index contributed by atoms with van der Waals surface area (Å²) in [6, 6.07) is 6.43. The molecule has 21 heavy (non-hydrogen) atoms. The van der Waals surface area contributed by atoms with Crippen molar-refractivity contribution in [1.29, 1.82) is 0 Å². The monoisotopic (exact) mass is 289 g/mol. The van der Waals surface area contributed by atoms with Crippen molar-refractivity contribution in [3.05, 3.63) is 29.3 Å². The van der Waals surface area contributed by atoms with Crippen LogP contribution in [-0.2, 0) is 0 Å². The van der Waals surface area contributed by atoms with Crippen LogP contribution in [0.3, 0.4) is 0 Å². The number of hydrogen-bond acceptors (Lipinski definition) is 3. The van der Waals surface area contributed by atoms with Crippen LogP contribution in [-0.4, -0.2) is 47.9 Å². The Labute approximate surface area is 127 Å². The number of nitrogen functional groups attached to an aromatic ring is 1. The molecule has 1 aliphatic rings. The molecule has 0 aliphatic carbocycles. The van der Waals surface area contributed by atoms with E-state index >= 15 is 0 Å². The zero-order valence-electron chi connectivity index (χ0n) is 13.6. The number of hydrogen-bond donors (Lipinski definition) is 1. The summed E-state index contributed by atoms with van der Waals surface area (Å²) in [7, 11) is 1.92. The van der Waals surface area contributed by atoms with Gasteiger partial charge in [0, 0.05) is 43.5 Å². The van der Waals surface area contributed by atoms with Crippen molar-refractivity contribution in [2.45, 2.75) is 45.7 Å². The smallest absolute Gasteiger partial charge is 0.254 e. The van der Waals surface area contributed by atoms with E-state index in [4.69, 9.17) is 5.73 Å². The molecule has 2 rings (SSSR count). The molecule has 0 spiro atoms. The van der Waals surface area contributed by atoms with E-state index in [0.717, 1.165) is 37.1 Å². The minimum atomic E-state index is 0.107. The van der Waals surface area contributed by atoms with Crippen LogP contribution in [0.2, 0.25) is 0 Å². The first-order valence-electron chi connectivity index (χ1n) is 7.77. The van der Waals surface area contributed by atoms with Crippen molar-refractivity contribution < 1.29 is 4.79 Å². The fraction of sp³-hybridized carbons (Fsp3) is 0.588. The summed E-state index contributed by atoms with van der Waals surface area (Å²) in [5.41, 5.74) is 8.18. The molecule has 1 aromatic rings. The Bertz CT molecular complexity index is 505. The van der Waals surface area contributed by atoms with E-state index in [1.807, 2.05) is 31.0 Å². The van der Waals surface area contributed by atoms with E-state index in [9.17, 15) is 4.79 Å². The number of nitrogens with two attached hydrogens (primary N) is 1. The predicted octanol–water partition coefficient (Wildman–Crippen LogP) is 2.52. The first-order chi connectivity index (χ1) is 9.90. The average molecular weight is 289 g/mol. The van der Waals surface area contributed by atoms with Gasteiger partial charge in [-0.05, 0) is 57.4 Å². The quantitative estimate of drug-likeness (QED) is 0.870. The fourth-order valence-electron chi connectivity index (χ4n) is 3.07. The maximum atomic E-state index is 12.7. The number of nitrogens with zero attached hydrogens (tertiary/aromatic N) is 2. The minimum absolute atomic E-state index is 0.107. The first kappa shape index (κ1) is 15.8. The summed E-state index contributed by atoms with van der Waals surface area (Å²) in [5, 5.41) is 0. The second-order valence-electron chi connectivity index (χ2n) is 6.35. The Morgan fingerprint density at radius 3 is 2.48 bits per heavy atom. The molecule has 0 atom stereocenters. The van der Waals surface area contributed by atoms with Gasteiger partial charge in [0.15, 0.2) is 0 Å². The number of anilines is 1. The predicted molar refractivity (Wildman–Crippen MR) is 87.4 cm³/mol. The average Bonchev–Trinajstić information content (AvgIpc) is 2.46. The van der Waals surface area contributed by atoms with Crippen molar-refractivity contribution >= 4 is 11.6 Å². The van der Waals surface area contributed by atoms with E-state index in [-0.39, 0.29) is 5.91 Å². The van der Waals surface area contributed by atoms with Crippen LogP contribution in [0.4, 0.5) is 5.69 Å². The lowest BCUT2D eigenvalue weighted by atomic mass is 10.0. The Hall–Kier alpha value is -1.55. The number of rotatable bonds is 3. The summed E-state index contributed by atoms with van der Waals surface area (Å²) in [4.78, 5) is 17.1. The summed E-state index contributed by atoms with van der Waals surface area (Å²) in [6.07, 6.45) is 2.10. The van der Waals surface area contributed by atoms with Gasteiger partial charge in [0.1, 0.15) is 0 Å². The third-order valence-corrected chi connectivity index (χ3v) is 4.58. The van der Waals surface area contributed by atoms with Gasteiger partial charge in [0.05, 0.1) is 0 Å². The SMILES string of the molecule is Cc1cc(N)ccc1C(=O)N(C)C1CCN(C(C)C)CC1. The molecule has 2 N–H and O–H groups in total. The first-order valence-corrected chi connectivity index (χ1v) is 7.77. The van der Waals surface area contributed by atoms with Gasteiger partial charge in [-0.2, -0.15) is 0 Å². The third kappa shape index (κ3) is 3.56. The van der Waals surface area contributed by atoms with Gasteiger partial charge >= 0.3 is 0 Å².